The minimum Gasteiger partial charge on any atom is -0.497 e. The first kappa shape index (κ1) is 24.3. The van der Waals surface area contributed by atoms with Crippen molar-refractivity contribution >= 4 is 5.69 Å². The molecule has 0 bridgehead atoms. The minimum atomic E-state index is 0.0742. The standard InChI is InChI=1S/C28H39N5O/c1-22-6-11-26(28(2,3)4)27(20-22)33-14-12-23(30-33)21-29-13-15-31-16-18-32(19-17-31)24-7-9-25(34-5)10-8-24/h6-12,14,20,29H,13,15-19,21H2,1-5H3. The van der Waals surface area contributed by atoms with Gasteiger partial charge in [-0.1, -0.05) is 32.9 Å². The van der Waals surface area contributed by atoms with Gasteiger partial charge in [-0.05, 0) is 59.9 Å². The monoisotopic (exact) mass is 461 g/mol. The third-order valence-electron chi connectivity index (χ3n) is 6.57. The van der Waals surface area contributed by atoms with Crippen molar-refractivity contribution in [2.75, 3.05) is 51.3 Å². The van der Waals surface area contributed by atoms with Crippen molar-refractivity contribution < 1.29 is 4.74 Å². The van der Waals surface area contributed by atoms with E-state index in [2.05, 4.69) is 85.4 Å². The van der Waals surface area contributed by atoms with E-state index in [9.17, 15) is 0 Å². The first-order valence-electron chi connectivity index (χ1n) is 12.3. The van der Waals surface area contributed by atoms with Gasteiger partial charge in [0.25, 0.3) is 0 Å². The first-order chi connectivity index (χ1) is 16.3. The van der Waals surface area contributed by atoms with Crippen molar-refractivity contribution in [3.8, 4) is 11.4 Å². The van der Waals surface area contributed by atoms with E-state index in [0.29, 0.717) is 0 Å². The zero-order valence-electron chi connectivity index (χ0n) is 21.3. The lowest BCUT2D eigenvalue weighted by Gasteiger charge is -2.36. The van der Waals surface area contributed by atoms with Gasteiger partial charge in [-0.15, -0.1) is 0 Å². The van der Waals surface area contributed by atoms with Crippen molar-refractivity contribution in [2.24, 2.45) is 0 Å². The van der Waals surface area contributed by atoms with Crippen LogP contribution in [0.4, 0.5) is 5.69 Å². The molecule has 2 heterocycles. The highest BCUT2D eigenvalue weighted by Crippen LogP contribution is 2.29. The van der Waals surface area contributed by atoms with E-state index in [4.69, 9.17) is 9.84 Å². The van der Waals surface area contributed by atoms with Crippen LogP contribution in [0.25, 0.3) is 5.69 Å². The van der Waals surface area contributed by atoms with E-state index in [0.717, 1.165) is 57.3 Å². The van der Waals surface area contributed by atoms with Gasteiger partial charge in [-0.2, -0.15) is 5.10 Å². The number of aromatic nitrogens is 2. The number of aryl methyl sites for hydroxylation is 1. The third-order valence-corrected chi connectivity index (χ3v) is 6.57. The fourth-order valence-electron chi connectivity index (χ4n) is 4.53. The van der Waals surface area contributed by atoms with Crippen LogP contribution < -0.4 is 15.0 Å². The van der Waals surface area contributed by atoms with Crippen molar-refractivity contribution in [1.82, 2.24) is 20.0 Å². The summed E-state index contributed by atoms with van der Waals surface area (Å²) in [6.45, 7) is 16.0. The van der Waals surface area contributed by atoms with Crippen LogP contribution in [0.1, 0.15) is 37.6 Å². The number of hydrogen-bond acceptors (Lipinski definition) is 5. The number of methoxy groups -OCH3 is 1. The molecule has 1 aliphatic rings. The lowest BCUT2D eigenvalue weighted by Crippen LogP contribution is -2.48. The maximum absolute atomic E-state index is 5.27. The fraction of sp³-hybridized carbons (Fsp3) is 0.464. The average molecular weight is 462 g/mol. The molecule has 3 aromatic rings. The fourth-order valence-corrected chi connectivity index (χ4v) is 4.53. The van der Waals surface area contributed by atoms with Crippen LogP contribution in [0.15, 0.2) is 54.7 Å². The molecule has 0 atom stereocenters. The van der Waals surface area contributed by atoms with Gasteiger partial charge in [0, 0.05) is 57.7 Å². The molecule has 4 rings (SSSR count). The van der Waals surface area contributed by atoms with Crippen LogP contribution in [0.2, 0.25) is 0 Å². The summed E-state index contributed by atoms with van der Waals surface area (Å²) >= 11 is 0. The second kappa shape index (κ2) is 10.6. The van der Waals surface area contributed by atoms with Crippen molar-refractivity contribution in [3.05, 3.63) is 71.5 Å². The van der Waals surface area contributed by atoms with Gasteiger partial charge in [0.15, 0.2) is 0 Å². The summed E-state index contributed by atoms with van der Waals surface area (Å²) in [6.07, 6.45) is 2.08. The molecule has 34 heavy (non-hydrogen) atoms. The Morgan fingerprint density at radius 2 is 1.71 bits per heavy atom. The van der Waals surface area contributed by atoms with Gasteiger partial charge in [0.1, 0.15) is 5.75 Å². The highest BCUT2D eigenvalue weighted by molar-refractivity contribution is 5.49. The smallest absolute Gasteiger partial charge is 0.119 e. The molecule has 0 unspecified atom stereocenters. The average Bonchev–Trinajstić information content (AvgIpc) is 3.30. The van der Waals surface area contributed by atoms with Crippen LogP contribution >= 0.6 is 0 Å². The predicted octanol–water partition coefficient (Wildman–Crippen LogP) is 4.40. The number of piperazine rings is 1. The van der Waals surface area contributed by atoms with E-state index < -0.39 is 0 Å². The van der Waals surface area contributed by atoms with E-state index in [1.165, 1.54) is 22.5 Å². The zero-order chi connectivity index (χ0) is 24.1. The summed E-state index contributed by atoms with van der Waals surface area (Å²) in [5.74, 6) is 0.909. The molecule has 0 saturated carbocycles. The number of anilines is 1. The molecule has 2 aromatic carbocycles. The van der Waals surface area contributed by atoms with Gasteiger partial charge >= 0.3 is 0 Å². The Labute approximate surface area is 204 Å². The number of nitrogens with one attached hydrogen (secondary N) is 1. The molecule has 0 amide bonds. The first-order valence-corrected chi connectivity index (χ1v) is 12.3. The quantitative estimate of drug-likeness (QED) is 0.504. The second-order valence-corrected chi connectivity index (χ2v) is 10.2. The number of ether oxygens (including phenoxy) is 1. The van der Waals surface area contributed by atoms with Gasteiger partial charge in [-0.3, -0.25) is 4.90 Å². The van der Waals surface area contributed by atoms with Crippen molar-refractivity contribution in [3.63, 3.8) is 0 Å². The largest absolute Gasteiger partial charge is 0.497 e. The molecule has 0 spiro atoms. The lowest BCUT2D eigenvalue weighted by molar-refractivity contribution is 0.257. The molecule has 6 heteroatoms. The molecule has 1 fully saturated rings. The molecule has 1 N–H and O–H groups in total. The summed E-state index contributed by atoms with van der Waals surface area (Å²) in [6, 6.07) is 17.1. The Morgan fingerprint density at radius 1 is 0.971 bits per heavy atom. The van der Waals surface area contributed by atoms with Gasteiger partial charge < -0.3 is 15.0 Å². The zero-order valence-corrected chi connectivity index (χ0v) is 21.3. The number of rotatable bonds is 8. The topological polar surface area (TPSA) is 45.6 Å². The molecule has 1 saturated heterocycles. The summed E-state index contributed by atoms with van der Waals surface area (Å²) in [4.78, 5) is 4.99. The maximum atomic E-state index is 5.27. The summed E-state index contributed by atoms with van der Waals surface area (Å²) in [5, 5.41) is 8.44. The highest BCUT2D eigenvalue weighted by Gasteiger charge is 2.20. The molecule has 6 nitrogen and oxygen atoms in total. The normalized spacial score (nSPS) is 15.0. The Balaban J connectivity index is 1.23. The molecule has 1 aliphatic heterocycles. The van der Waals surface area contributed by atoms with Gasteiger partial charge in [0.2, 0.25) is 0 Å². The molecular formula is C28H39N5O. The maximum Gasteiger partial charge on any atom is 0.119 e. The Hall–Kier alpha value is -2.83. The molecule has 1 aromatic heterocycles. The van der Waals surface area contributed by atoms with Crippen LogP contribution in [-0.2, 0) is 12.0 Å². The lowest BCUT2D eigenvalue weighted by atomic mass is 9.85. The van der Waals surface area contributed by atoms with Gasteiger partial charge in [-0.25, -0.2) is 4.68 Å². The van der Waals surface area contributed by atoms with Gasteiger partial charge in [0.05, 0.1) is 18.5 Å². The minimum absolute atomic E-state index is 0.0742. The third kappa shape index (κ3) is 5.99. The van der Waals surface area contributed by atoms with E-state index in [1.807, 2.05) is 16.8 Å². The number of benzene rings is 2. The highest BCUT2D eigenvalue weighted by atomic mass is 16.5. The van der Waals surface area contributed by atoms with E-state index in [1.54, 1.807) is 7.11 Å². The van der Waals surface area contributed by atoms with Crippen LogP contribution in [0.3, 0.4) is 0 Å². The van der Waals surface area contributed by atoms with Crippen molar-refractivity contribution in [2.45, 2.75) is 39.7 Å². The molecule has 182 valence electrons. The summed E-state index contributed by atoms with van der Waals surface area (Å²) in [7, 11) is 1.71. The van der Waals surface area contributed by atoms with Crippen LogP contribution in [-0.4, -0.2) is 61.1 Å². The number of nitrogens with zero attached hydrogens (tertiary/aromatic N) is 4. The van der Waals surface area contributed by atoms with Crippen LogP contribution in [0.5, 0.6) is 5.75 Å². The van der Waals surface area contributed by atoms with E-state index >= 15 is 0 Å². The Bertz CT molecular complexity index is 1060. The Morgan fingerprint density at radius 3 is 2.38 bits per heavy atom. The molecule has 0 aliphatic carbocycles. The van der Waals surface area contributed by atoms with Crippen molar-refractivity contribution in [1.29, 1.82) is 0 Å². The molecular weight excluding hydrogens is 422 g/mol. The molecule has 0 radical (unpaired) electrons. The Kier molecular flexibility index (Phi) is 7.59. The van der Waals surface area contributed by atoms with Crippen LogP contribution in [0, 0.1) is 6.92 Å². The van der Waals surface area contributed by atoms with E-state index in [-0.39, 0.29) is 5.41 Å². The SMILES string of the molecule is COc1ccc(N2CCN(CCNCc3ccn(-c4cc(C)ccc4C(C)(C)C)n3)CC2)cc1. The predicted molar refractivity (Wildman–Crippen MR) is 140 cm³/mol. The summed E-state index contributed by atoms with van der Waals surface area (Å²) < 4.78 is 7.30. The second-order valence-electron chi connectivity index (χ2n) is 10.2. The summed E-state index contributed by atoms with van der Waals surface area (Å²) in [5.41, 5.74) is 6.17. The number of hydrogen-bond donors (Lipinski definition) is 1.